The largest absolute Gasteiger partial charge is 0.444 e. The number of rotatable bonds is 16. The number of unbranched alkanes of at least 4 members (excludes halogenated alkanes) is 6. The van der Waals surface area contributed by atoms with Crippen LogP contribution in [-0.4, -0.2) is 59.3 Å². The van der Waals surface area contributed by atoms with Gasteiger partial charge in [0.05, 0.1) is 6.61 Å². The van der Waals surface area contributed by atoms with Crippen molar-refractivity contribution in [1.82, 2.24) is 15.5 Å². The van der Waals surface area contributed by atoms with E-state index in [2.05, 4.69) is 24.5 Å². The van der Waals surface area contributed by atoms with E-state index >= 15 is 0 Å². The van der Waals surface area contributed by atoms with Crippen LogP contribution in [0.3, 0.4) is 0 Å². The van der Waals surface area contributed by atoms with Gasteiger partial charge in [-0.2, -0.15) is 0 Å². The van der Waals surface area contributed by atoms with Crippen LogP contribution in [-0.2, 0) is 14.3 Å². The van der Waals surface area contributed by atoms with Gasteiger partial charge in [0.25, 0.3) is 0 Å². The number of ether oxygens (including phenoxy) is 1. The summed E-state index contributed by atoms with van der Waals surface area (Å²) < 4.78 is 5.32. The number of nitrogens with zero attached hydrogens (tertiary/aromatic N) is 1. The Kier molecular flexibility index (Phi) is 15.0. The average Bonchev–Trinajstić information content (AvgIpc) is 2.85. The first-order chi connectivity index (χ1) is 18.0. The molecule has 38 heavy (non-hydrogen) atoms. The van der Waals surface area contributed by atoms with Gasteiger partial charge in [0.15, 0.2) is 0 Å². The minimum Gasteiger partial charge on any atom is -0.444 e. The van der Waals surface area contributed by atoms with Crippen molar-refractivity contribution in [2.24, 2.45) is 0 Å². The molecule has 0 spiro atoms. The van der Waals surface area contributed by atoms with Crippen molar-refractivity contribution in [2.45, 2.75) is 118 Å². The maximum Gasteiger partial charge on any atom is 0.408 e. The lowest BCUT2D eigenvalue weighted by Gasteiger charge is -2.35. The minimum atomic E-state index is -1.24. The van der Waals surface area contributed by atoms with Crippen LogP contribution >= 0.6 is 0 Å². The zero-order chi connectivity index (χ0) is 28.7. The van der Waals surface area contributed by atoms with E-state index in [0.717, 1.165) is 61.6 Å². The normalized spacial score (nSPS) is 12.9. The molecular weight excluding hydrogens is 482 g/mol. The number of hydrogen-bond donors (Lipinski definition) is 3. The van der Waals surface area contributed by atoms with Gasteiger partial charge in [-0.1, -0.05) is 70.6 Å². The Bertz CT molecular complexity index is 881. The number of alkyl carbamates (subject to hydrolysis) is 1. The van der Waals surface area contributed by atoms with E-state index in [0.29, 0.717) is 19.5 Å². The molecule has 0 aliphatic rings. The number of benzene rings is 1. The summed E-state index contributed by atoms with van der Waals surface area (Å²) in [5.41, 5.74) is 1.94. The fourth-order valence-electron chi connectivity index (χ4n) is 4.29. The molecule has 216 valence electrons. The zero-order valence-corrected chi connectivity index (χ0v) is 24.7. The van der Waals surface area contributed by atoms with Crippen molar-refractivity contribution < 1.29 is 24.2 Å². The maximum absolute atomic E-state index is 13.9. The topological polar surface area (TPSA) is 108 Å². The van der Waals surface area contributed by atoms with Crippen LogP contribution in [0, 0.1) is 13.8 Å². The monoisotopic (exact) mass is 533 g/mol. The molecule has 0 aliphatic heterocycles. The van der Waals surface area contributed by atoms with Crippen molar-refractivity contribution in [2.75, 3.05) is 19.7 Å². The fraction of sp³-hybridized carbons (Fsp3) is 0.700. The van der Waals surface area contributed by atoms with Crippen molar-refractivity contribution in [1.29, 1.82) is 0 Å². The molecule has 1 rings (SSSR count). The highest BCUT2D eigenvalue weighted by Gasteiger charge is 2.36. The molecule has 8 nitrogen and oxygen atoms in total. The van der Waals surface area contributed by atoms with Gasteiger partial charge in [-0.15, -0.1) is 0 Å². The van der Waals surface area contributed by atoms with E-state index in [4.69, 9.17) is 4.74 Å². The molecule has 0 saturated heterocycles. The van der Waals surface area contributed by atoms with Gasteiger partial charge in [-0.3, -0.25) is 9.59 Å². The van der Waals surface area contributed by atoms with E-state index in [1.54, 1.807) is 20.8 Å². The Morgan fingerprint density at radius 1 is 0.974 bits per heavy atom. The lowest BCUT2D eigenvalue weighted by molar-refractivity contribution is -0.143. The van der Waals surface area contributed by atoms with Crippen molar-refractivity contribution >= 4 is 17.9 Å². The molecule has 0 saturated carbocycles. The SMILES string of the molecule is CCCCCCCN(C(=O)C(CO)NC(=O)OC(C)(C)C)C(C(=O)NCCCCC)c1cccc(C)c1C. The van der Waals surface area contributed by atoms with Crippen LogP contribution in [0.5, 0.6) is 0 Å². The van der Waals surface area contributed by atoms with Crippen molar-refractivity contribution in [3.63, 3.8) is 0 Å². The number of aliphatic hydroxyl groups excluding tert-OH is 1. The molecule has 0 heterocycles. The number of aryl methyl sites for hydroxylation is 1. The molecule has 2 unspecified atom stereocenters. The maximum atomic E-state index is 13.9. The van der Waals surface area contributed by atoms with Gasteiger partial charge >= 0.3 is 6.09 Å². The summed E-state index contributed by atoms with van der Waals surface area (Å²) in [6, 6.07) is 3.63. The second kappa shape index (κ2) is 17.1. The van der Waals surface area contributed by atoms with E-state index in [9.17, 15) is 19.5 Å². The Morgan fingerprint density at radius 3 is 2.21 bits per heavy atom. The van der Waals surface area contributed by atoms with Gasteiger partial charge in [0.1, 0.15) is 17.7 Å². The first-order valence-corrected chi connectivity index (χ1v) is 14.2. The van der Waals surface area contributed by atoms with Crippen LogP contribution in [0.1, 0.15) is 109 Å². The van der Waals surface area contributed by atoms with E-state index in [1.807, 2.05) is 32.0 Å². The molecule has 1 aromatic rings. The highest BCUT2D eigenvalue weighted by molar-refractivity contribution is 5.92. The number of carbonyl (C=O) groups excluding carboxylic acids is 3. The third kappa shape index (κ3) is 11.4. The predicted octanol–water partition coefficient (Wildman–Crippen LogP) is 5.34. The second-order valence-corrected chi connectivity index (χ2v) is 11.0. The predicted molar refractivity (Wildman–Crippen MR) is 152 cm³/mol. The molecule has 3 amide bonds. The quantitative estimate of drug-likeness (QED) is 0.249. The molecule has 3 N–H and O–H groups in total. The molecule has 1 aromatic carbocycles. The van der Waals surface area contributed by atoms with Crippen molar-refractivity contribution in [3.8, 4) is 0 Å². The van der Waals surface area contributed by atoms with Gasteiger partial charge in [-0.05, 0) is 64.2 Å². The zero-order valence-electron chi connectivity index (χ0n) is 24.7. The van der Waals surface area contributed by atoms with Crippen LogP contribution in [0.2, 0.25) is 0 Å². The van der Waals surface area contributed by atoms with Crippen molar-refractivity contribution in [3.05, 3.63) is 34.9 Å². The fourth-order valence-corrected chi connectivity index (χ4v) is 4.29. The Hall–Kier alpha value is -2.61. The van der Waals surface area contributed by atoms with Gasteiger partial charge in [-0.25, -0.2) is 4.79 Å². The number of nitrogens with one attached hydrogen (secondary N) is 2. The van der Waals surface area contributed by atoms with Gasteiger partial charge in [0, 0.05) is 13.1 Å². The molecule has 0 aromatic heterocycles. The summed E-state index contributed by atoms with van der Waals surface area (Å²) in [5.74, 6) is -0.769. The molecular formula is C30H51N3O5. The standard InChI is InChI=1S/C30H51N3O5/c1-8-10-12-13-15-20-33(28(36)25(21-34)32-29(37)38-30(5,6)7)26(27(35)31-19-14-11-9-2)24-18-16-17-22(3)23(24)4/h16-18,25-26,34H,8-15,19-21H2,1-7H3,(H,31,35)(H,32,37). The van der Waals surface area contributed by atoms with Crippen LogP contribution in [0.4, 0.5) is 4.79 Å². The number of hydrogen-bond acceptors (Lipinski definition) is 5. The summed E-state index contributed by atoms with van der Waals surface area (Å²) >= 11 is 0. The first-order valence-electron chi connectivity index (χ1n) is 14.2. The van der Waals surface area contributed by atoms with E-state index in [-0.39, 0.29) is 5.91 Å². The highest BCUT2D eigenvalue weighted by Crippen LogP contribution is 2.28. The Morgan fingerprint density at radius 2 is 1.61 bits per heavy atom. The third-order valence-electron chi connectivity index (χ3n) is 6.54. The molecule has 0 radical (unpaired) electrons. The number of amides is 3. The highest BCUT2D eigenvalue weighted by atomic mass is 16.6. The Balaban J connectivity index is 3.39. The molecule has 8 heteroatoms. The first kappa shape index (κ1) is 33.4. The van der Waals surface area contributed by atoms with Gasteiger partial charge in [0.2, 0.25) is 11.8 Å². The van der Waals surface area contributed by atoms with Crippen LogP contribution in [0.25, 0.3) is 0 Å². The summed E-state index contributed by atoms with van der Waals surface area (Å²) in [5, 5.41) is 15.6. The molecule has 0 bridgehead atoms. The average molecular weight is 534 g/mol. The van der Waals surface area contributed by atoms with E-state index < -0.39 is 36.3 Å². The second-order valence-electron chi connectivity index (χ2n) is 11.0. The third-order valence-corrected chi connectivity index (χ3v) is 6.54. The summed E-state index contributed by atoms with van der Waals surface area (Å²) in [7, 11) is 0. The summed E-state index contributed by atoms with van der Waals surface area (Å²) in [6.45, 7) is 13.6. The molecule has 2 atom stereocenters. The minimum absolute atomic E-state index is 0.259. The summed E-state index contributed by atoms with van der Waals surface area (Å²) in [6.07, 6.45) is 6.96. The Labute approximate surface area is 229 Å². The number of carbonyl (C=O) groups is 3. The lowest BCUT2D eigenvalue weighted by atomic mass is 9.94. The molecule has 0 fully saturated rings. The number of aliphatic hydroxyl groups is 1. The van der Waals surface area contributed by atoms with Gasteiger partial charge < -0.3 is 25.4 Å². The molecule has 0 aliphatic carbocycles. The van der Waals surface area contributed by atoms with Crippen LogP contribution in [0.15, 0.2) is 18.2 Å². The smallest absolute Gasteiger partial charge is 0.408 e. The summed E-state index contributed by atoms with van der Waals surface area (Å²) in [4.78, 5) is 41.6. The lowest BCUT2D eigenvalue weighted by Crippen LogP contribution is -2.54. The van der Waals surface area contributed by atoms with E-state index in [1.165, 1.54) is 4.90 Å². The van der Waals surface area contributed by atoms with Crippen LogP contribution < -0.4 is 10.6 Å².